The zero-order valence-corrected chi connectivity index (χ0v) is 13.4. The van der Waals surface area contributed by atoms with Crippen molar-refractivity contribution in [2.45, 2.75) is 25.4 Å². The lowest BCUT2D eigenvalue weighted by atomic mass is 10.1. The van der Waals surface area contributed by atoms with Crippen LogP contribution in [0.15, 0.2) is 46.3 Å². The highest BCUT2D eigenvalue weighted by molar-refractivity contribution is 9.10. The molecule has 0 aliphatic rings. The minimum atomic E-state index is -0.464. The summed E-state index contributed by atoms with van der Waals surface area (Å²) in [6, 6.07) is 11.6. The molecule has 0 aliphatic carbocycles. The van der Waals surface area contributed by atoms with Gasteiger partial charge in [-0.05, 0) is 45.8 Å². The third-order valence-electron chi connectivity index (χ3n) is 3.04. The summed E-state index contributed by atoms with van der Waals surface area (Å²) in [5.41, 5.74) is 7.13. The van der Waals surface area contributed by atoms with Crippen molar-refractivity contribution in [1.82, 2.24) is 5.32 Å². The second kappa shape index (κ2) is 7.57. The predicted molar refractivity (Wildman–Crippen MR) is 86.6 cm³/mol. The normalized spacial score (nSPS) is 12.1. The molecule has 3 N–H and O–H groups in total. The Balaban J connectivity index is 1.76. The van der Waals surface area contributed by atoms with Gasteiger partial charge < -0.3 is 11.1 Å². The van der Waals surface area contributed by atoms with Gasteiger partial charge in [0.15, 0.2) is 0 Å². The van der Waals surface area contributed by atoms with E-state index in [1.807, 2.05) is 41.8 Å². The number of nitrogens with one attached hydrogen (secondary N) is 1. The fourth-order valence-corrected chi connectivity index (χ4v) is 3.28. The molecule has 1 amide bonds. The van der Waals surface area contributed by atoms with Crippen molar-refractivity contribution < 1.29 is 4.79 Å². The molecule has 1 aromatic carbocycles. The second-order valence-electron chi connectivity index (χ2n) is 4.54. The molecule has 1 heterocycles. The van der Waals surface area contributed by atoms with Gasteiger partial charge >= 0.3 is 0 Å². The molecular formula is C15H17BrN2OS. The van der Waals surface area contributed by atoms with Crippen LogP contribution in [0.2, 0.25) is 0 Å². The average molecular weight is 353 g/mol. The zero-order chi connectivity index (χ0) is 14.4. The van der Waals surface area contributed by atoms with Crippen molar-refractivity contribution >= 4 is 33.2 Å². The van der Waals surface area contributed by atoms with E-state index in [1.54, 1.807) is 11.3 Å². The van der Waals surface area contributed by atoms with Gasteiger partial charge in [0.25, 0.3) is 0 Å². The number of nitrogens with two attached hydrogens (primary N) is 1. The van der Waals surface area contributed by atoms with Crippen LogP contribution < -0.4 is 11.1 Å². The largest absolute Gasteiger partial charge is 0.350 e. The van der Waals surface area contributed by atoms with E-state index < -0.39 is 6.04 Å². The number of hydrogen-bond donors (Lipinski definition) is 2. The van der Waals surface area contributed by atoms with Crippen LogP contribution >= 0.6 is 27.3 Å². The number of carbonyl (C=O) groups is 1. The van der Waals surface area contributed by atoms with E-state index in [0.29, 0.717) is 13.0 Å². The molecule has 2 aromatic rings. The molecule has 1 atom stereocenters. The highest BCUT2D eigenvalue weighted by Crippen LogP contribution is 2.22. The van der Waals surface area contributed by atoms with Crippen LogP contribution in [0.3, 0.4) is 0 Å². The minimum absolute atomic E-state index is 0.0961. The van der Waals surface area contributed by atoms with Gasteiger partial charge in [-0.25, -0.2) is 0 Å². The van der Waals surface area contributed by atoms with Gasteiger partial charge in [-0.2, -0.15) is 0 Å². The van der Waals surface area contributed by atoms with Crippen LogP contribution in [0.25, 0.3) is 0 Å². The minimum Gasteiger partial charge on any atom is -0.350 e. The number of amides is 1. The van der Waals surface area contributed by atoms with E-state index in [4.69, 9.17) is 5.73 Å². The van der Waals surface area contributed by atoms with Crippen LogP contribution in [0.5, 0.6) is 0 Å². The maximum atomic E-state index is 11.9. The molecule has 0 fully saturated rings. The highest BCUT2D eigenvalue weighted by atomic mass is 79.9. The Morgan fingerprint density at radius 1 is 1.30 bits per heavy atom. The Labute approximate surface area is 131 Å². The molecule has 2 rings (SSSR count). The third kappa shape index (κ3) is 4.44. The second-order valence-corrected chi connectivity index (χ2v) is 6.40. The Bertz CT molecular complexity index is 556. The molecule has 0 bridgehead atoms. The third-order valence-corrected chi connectivity index (χ3v) is 4.96. The van der Waals surface area contributed by atoms with Crippen molar-refractivity contribution in [2.24, 2.45) is 5.73 Å². The SMILES string of the molecule is NC(CCc1ccccc1)C(=O)NCc1sccc1Br. The number of carbonyl (C=O) groups excluding carboxylic acids is 1. The number of halogens is 1. The van der Waals surface area contributed by atoms with E-state index in [2.05, 4.69) is 21.2 Å². The first-order valence-electron chi connectivity index (χ1n) is 6.46. The van der Waals surface area contributed by atoms with Crippen LogP contribution in [0.4, 0.5) is 0 Å². The average Bonchev–Trinajstić information content (AvgIpc) is 2.88. The summed E-state index contributed by atoms with van der Waals surface area (Å²) in [6.45, 7) is 0.524. The molecular weight excluding hydrogens is 336 g/mol. The molecule has 0 radical (unpaired) electrons. The Morgan fingerprint density at radius 2 is 2.05 bits per heavy atom. The molecule has 0 aliphatic heterocycles. The molecule has 0 saturated carbocycles. The monoisotopic (exact) mass is 352 g/mol. The lowest BCUT2D eigenvalue weighted by Gasteiger charge is -2.12. The molecule has 20 heavy (non-hydrogen) atoms. The number of hydrogen-bond acceptors (Lipinski definition) is 3. The fraction of sp³-hybridized carbons (Fsp3) is 0.267. The van der Waals surface area contributed by atoms with Crippen molar-refractivity contribution in [3.05, 3.63) is 56.7 Å². The molecule has 1 aromatic heterocycles. The van der Waals surface area contributed by atoms with E-state index in [-0.39, 0.29) is 5.91 Å². The van der Waals surface area contributed by atoms with Gasteiger partial charge in [0.05, 0.1) is 12.6 Å². The summed E-state index contributed by atoms with van der Waals surface area (Å²) in [4.78, 5) is 13.0. The van der Waals surface area contributed by atoms with Gasteiger partial charge in [-0.1, -0.05) is 30.3 Å². The summed E-state index contributed by atoms with van der Waals surface area (Å²) in [7, 11) is 0. The molecule has 3 nitrogen and oxygen atoms in total. The smallest absolute Gasteiger partial charge is 0.237 e. The van der Waals surface area contributed by atoms with Gasteiger partial charge in [-0.15, -0.1) is 11.3 Å². The van der Waals surface area contributed by atoms with Crippen molar-refractivity contribution in [3.8, 4) is 0 Å². The van der Waals surface area contributed by atoms with E-state index >= 15 is 0 Å². The van der Waals surface area contributed by atoms with E-state index in [1.165, 1.54) is 5.56 Å². The molecule has 0 spiro atoms. The maximum Gasteiger partial charge on any atom is 0.237 e. The van der Waals surface area contributed by atoms with Crippen molar-refractivity contribution in [1.29, 1.82) is 0 Å². The van der Waals surface area contributed by atoms with Crippen LogP contribution in [-0.2, 0) is 17.8 Å². The summed E-state index contributed by atoms with van der Waals surface area (Å²) in [6.07, 6.45) is 1.47. The zero-order valence-electron chi connectivity index (χ0n) is 11.0. The van der Waals surface area contributed by atoms with Gasteiger partial charge in [0.1, 0.15) is 0 Å². The van der Waals surface area contributed by atoms with Crippen LogP contribution in [0, 0.1) is 0 Å². The lowest BCUT2D eigenvalue weighted by Crippen LogP contribution is -2.40. The fourth-order valence-electron chi connectivity index (χ4n) is 1.85. The predicted octanol–water partition coefficient (Wildman–Crippen LogP) is 3.09. The number of thiophene rings is 1. The number of rotatable bonds is 6. The van der Waals surface area contributed by atoms with E-state index in [9.17, 15) is 4.79 Å². The Morgan fingerprint density at radius 3 is 2.70 bits per heavy atom. The summed E-state index contributed by atoms with van der Waals surface area (Å²) >= 11 is 5.05. The van der Waals surface area contributed by atoms with E-state index in [0.717, 1.165) is 15.8 Å². The lowest BCUT2D eigenvalue weighted by molar-refractivity contribution is -0.122. The summed E-state index contributed by atoms with van der Waals surface area (Å²) < 4.78 is 1.03. The van der Waals surface area contributed by atoms with Gasteiger partial charge in [0, 0.05) is 9.35 Å². The number of aryl methyl sites for hydroxylation is 1. The number of benzene rings is 1. The summed E-state index contributed by atoms with van der Waals surface area (Å²) in [5, 5.41) is 4.87. The molecule has 1 unspecified atom stereocenters. The first kappa shape index (κ1) is 15.2. The molecule has 5 heteroatoms. The topological polar surface area (TPSA) is 55.1 Å². The van der Waals surface area contributed by atoms with Crippen molar-refractivity contribution in [3.63, 3.8) is 0 Å². The summed E-state index contributed by atoms with van der Waals surface area (Å²) in [5.74, 6) is -0.0961. The Hall–Kier alpha value is -1.17. The van der Waals surface area contributed by atoms with Crippen LogP contribution in [0.1, 0.15) is 16.9 Å². The highest BCUT2D eigenvalue weighted by Gasteiger charge is 2.13. The van der Waals surface area contributed by atoms with Gasteiger partial charge in [-0.3, -0.25) is 4.79 Å². The maximum absolute atomic E-state index is 11.9. The quantitative estimate of drug-likeness (QED) is 0.839. The van der Waals surface area contributed by atoms with Crippen molar-refractivity contribution in [2.75, 3.05) is 0 Å². The first-order chi connectivity index (χ1) is 9.66. The standard InChI is InChI=1S/C15H17BrN2OS/c16-12-8-9-20-14(12)10-18-15(19)13(17)7-6-11-4-2-1-3-5-11/h1-5,8-9,13H,6-7,10,17H2,(H,18,19). The van der Waals surface area contributed by atoms with Crippen LogP contribution in [-0.4, -0.2) is 11.9 Å². The first-order valence-corrected chi connectivity index (χ1v) is 8.13. The van der Waals surface area contributed by atoms with Gasteiger partial charge in [0.2, 0.25) is 5.91 Å². The Kier molecular flexibility index (Phi) is 5.76. The molecule has 0 saturated heterocycles. The molecule has 106 valence electrons.